The summed E-state index contributed by atoms with van der Waals surface area (Å²) in [6.07, 6.45) is 2.13. The van der Waals surface area contributed by atoms with Gasteiger partial charge in [-0.1, -0.05) is 13.3 Å². The summed E-state index contributed by atoms with van der Waals surface area (Å²) in [6.45, 7) is 6.36. The van der Waals surface area contributed by atoms with Gasteiger partial charge in [0.05, 0.1) is 0 Å². The SMILES string of the molecule is CCCC(C)(C)n1c(N)n[nH]c1=S. The van der Waals surface area contributed by atoms with Gasteiger partial charge in [-0.15, -0.1) is 5.10 Å². The number of rotatable bonds is 3. The Morgan fingerprint density at radius 2 is 2.23 bits per heavy atom. The first-order valence-corrected chi connectivity index (χ1v) is 4.83. The van der Waals surface area contributed by atoms with Crippen molar-refractivity contribution in [1.82, 2.24) is 14.8 Å². The molecule has 0 saturated heterocycles. The Bertz CT molecular complexity index is 336. The van der Waals surface area contributed by atoms with Gasteiger partial charge in [-0.25, -0.2) is 5.10 Å². The van der Waals surface area contributed by atoms with Crippen molar-refractivity contribution < 1.29 is 0 Å². The molecule has 0 saturated carbocycles. The Balaban J connectivity index is 3.12. The van der Waals surface area contributed by atoms with E-state index in [1.807, 2.05) is 4.57 Å². The molecule has 0 aliphatic rings. The van der Waals surface area contributed by atoms with Crippen LogP contribution in [0.2, 0.25) is 0 Å². The van der Waals surface area contributed by atoms with Crippen LogP contribution in [0.5, 0.6) is 0 Å². The molecule has 0 aliphatic heterocycles. The summed E-state index contributed by atoms with van der Waals surface area (Å²) in [6, 6.07) is 0. The summed E-state index contributed by atoms with van der Waals surface area (Å²) in [4.78, 5) is 0. The summed E-state index contributed by atoms with van der Waals surface area (Å²) >= 11 is 5.10. The third-order valence-electron chi connectivity index (χ3n) is 2.17. The molecule has 0 bridgehead atoms. The molecule has 1 aromatic rings. The molecule has 0 spiro atoms. The fourth-order valence-corrected chi connectivity index (χ4v) is 2.00. The van der Waals surface area contributed by atoms with Gasteiger partial charge in [0.2, 0.25) is 5.95 Å². The Morgan fingerprint density at radius 3 is 2.62 bits per heavy atom. The van der Waals surface area contributed by atoms with Gasteiger partial charge in [-0.3, -0.25) is 4.57 Å². The van der Waals surface area contributed by atoms with Gasteiger partial charge in [0.1, 0.15) is 0 Å². The predicted molar refractivity (Wildman–Crippen MR) is 56.1 cm³/mol. The zero-order valence-corrected chi connectivity index (χ0v) is 9.11. The summed E-state index contributed by atoms with van der Waals surface area (Å²) in [5.74, 6) is 0.462. The maximum atomic E-state index is 5.71. The summed E-state index contributed by atoms with van der Waals surface area (Å²) in [7, 11) is 0. The third-order valence-corrected chi connectivity index (χ3v) is 2.44. The molecule has 13 heavy (non-hydrogen) atoms. The highest BCUT2D eigenvalue weighted by molar-refractivity contribution is 7.71. The van der Waals surface area contributed by atoms with Crippen LogP contribution in [0.4, 0.5) is 5.95 Å². The van der Waals surface area contributed by atoms with E-state index >= 15 is 0 Å². The molecule has 74 valence electrons. The van der Waals surface area contributed by atoms with E-state index in [0.29, 0.717) is 10.7 Å². The molecule has 1 aromatic heterocycles. The number of nitrogens with two attached hydrogens (primary N) is 1. The van der Waals surface area contributed by atoms with Crippen molar-refractivity contribution in [1.29, 1.82) is 0 Å². The first-order chi connectivity index (χ1) is 5.99. The van der Waals surface area contributed by atoms with Crippen LogP contribution >= 0.6 is 12.2 Å². The molecule has 0 unspecified atom stereocenters. The van der Waals surface area contributed by atoms with E-state index in [1.165, 1.54) is 0 Å². The number of aromatic nitrogens is 3. The van der Waals surface area contributed by atoms with E-state index in [9.17, 15) is 0 Å². The minimum Gasteiger partial charge on any atom is -0.368 e. The van der Waals surface area contributed by atoms with E-state index in [4.69, 9.17) is 18.0 Å². The average Bonchev–Trinajstić information content (AvgIpc) is 2.31. The highest BCUT2D eigenvalue weighted by atomic mass is 32.1. The first-order valence-electron chi connectivity index (χ1n) is 4.42. The molecule has 5 heteroatoms. The second kappa shape index (κ2) is 3.49. The molecule has 0 amide bonds. The average molecular weight is 200 g/mol. The smallest absolute Gasteiger partial charge is 0.220 e. The molecule has 1 heterocycles. The van der Waals surface area contributed by atoms with Crippen LogP contribution in [0, 0.1) is 4.77 Å². The summed E-state index contributed by atoms with van der Waals surface area (Å²) in [5, 5.41) is 6.58. The minimum absolute atomic E-state index is 0.0527. The number of H-pyrrole nitrogens is 1. The van der Waals surface area contributed by atoms with Gasteiger partial charge in [0.25, 0.3) is 0 Å². The van der Waals surface area contributed by atoms with Crippen molar-refractivity contribution in [2.75, 3.05) is 5.73 Å². The van der Waals surface area contributed by atoms with Crippen molar-refractivity contribution >= 4 is 18.2 Å². The molecule has 0 aliphatic carbocycles. The van der Waals surface area contributed by atoms with Crippen molar-refractivity contribution in [2.45, 2.75) is 39.2 Å². The second-order valence-electron chi connectivity index (χ2n) is 3.78. The van der Waals surface area contributed by atoms with E-state index in [-0.39, 0.29) is 5.54 Å². The summed E-state index contributed by atoms with van der Waals surface area (Å²) < 4.78 is 2.46. The lowest BCUT2D eigenvalue weighted by atomic mass is 9.99. The van der Waals surface area contributed by atoms with E-state index in [1.54, 1.807) is 0 Å². The van der Waals surface area contributed by atoms with Crippen molar-refractivity contribution in [3.63, 3.8) is 0 Å². The number of nitrogens with zero attached hydrogens (tertiary/aromatic N) is 2. The zero-order chi connectivity index (χ0) is 10.1. The third kappa shape index (κ3) is 1.91. The standard InChI is InChI=1S/C8H16N4S/c1-4-5-8(2,3)12-6(9)10-11-7(12)13/h4-5H2,1-3H3,(H2,9,10)(H,11,13). The van der Waals surface area contributed by atoms with Gasteiger partial charge in [0, 0.05) is 5.54 Å². The molecule has 3 N–H and O–H groups in total. The lowest BCUT2D eigenvalue weighted by Gasteiger charge is -2.26. The van der Waals surface area contributed by atoms with Crippen molar-refractivity contribution in [3.8, 4) is 0 Å². The molecular weight excluding hydrogens is 184 g/mol. The normalized spacial score (nSPS) is 11.9. The van der Waals surface area contributed by atoms with Crippen LogP contribution in [0.15, 0.2) is 0 Å². The molecular formula is C8H16N4S. The van der Waals surface area contributed by atoms with Crippen LogP contribution in [0.3, 0.4) is 0 Å². The van der Waals surface area contributed by atoms with Crippen LogP contribution in [-0.2, 0) is 5.54 Å². The van der Waals surface area contributed by atoms with Crippen molar-refractivity contribution in [2.24, 2.45) is 0 Å². The van der Waals surface area contributed by atoms with E-state index in [2.05, 4.69) is 31.0 Å². The quantitative estimate of drug-likeness (QED) is 0.734. The lowest BCUT2D eigenvalue weighted by molar-refractivity contribution is 0.324. The van der Waals surface area contributed by atoms with Crippen LogP contribution in [-0.4, -0.2) is 14.8 Å². The van der Waals surface area contributed by atoms with E-state index < -0.39 is 0 Å². The number of aromatic amines is 1. The van der Waals surface area contributed by atoms with Gasteiger partial charge < -0.3 is 5.73 Å². The number of nitrogens with one attached hydrogen (secondary N) is 1. The number of anilines is 1. The highest BCUT2D eigenvalue weighted by Crippen LogP contribution is 2.23. The number of nitrogen functional groups attached to an aromatic ring is 1. The first kappa shape index (κ1) is 10.2. The number of hydrogen-bond acceptors (Lipinski definition) is 3. The van der Waals surface area contributed by atoms with Crippen LogP contribution < -0.4 is 5.73 Å². The van der Waals surface area contributed by atoms with Gasteiger partial charge in [-0.2, -0.15) is 0 Å². The van der Waals surface area contributed by atoms with Gasteiger partial charge in [-0.05, 0) is 32.5 Å². The van der Waals surface area contributed by atoms with Gasteiger partial charge >= 0.3 is 0 Å². The molecule has 0 aromatic carbocycles. The second-order valence-corrected chi connectivity index (χ2v) is 4.17. The van der Waals surface area contributed by atoms with Gasteiger partial charge in [0.15, 0.2) is 4.77 Å². The van der Waals surface area contributed by atoms with E-state index in [0.717, 1.165) is 12.8 Å². The Morgan fingerprint density at radius 1 is 1.62 bits per heavy atom. The molecule has 0 atom stereocenters. The predicted octanol–water partition coefficient (Wildman–Crippen LogP) is 2.06. The Kier molecular flexibility index (Phi) is 2.75. The highest BCUT2D eigenvalue weighted by Gasteiger charge is 2.22. The van der Waals surface area contributed by atoms with Crippen LogP contribution in [0.25, 0.3) is 0 Å². The van der Waals surface area contributed by atoms with Crippen molar-refractivity contribution in [3.05, 3.63) is 4.77 Å². The molecule has 0 fully saturated rings. The minimum atomic E-state index is -0.0527. The fraction of sp³-hybridized carbons (Fsp3) is 0.750. The topological polar surface area (TPSA) is 59.6 Å². The molecule has 0 radical (unpaired) electrons. The Hall–Kier alpha value is -0.840. The lowest BCUT2D eigenvalue weighted by Crippen LogP contribution is -2.27. The maximum Gasteiger partial charge on any atom is 0.220 e. The molecule has 1 rings (SSSR count). The number of hydrogen-bond donors (Lipinski definition) is 2. The fourth-order valence-electron chi connectivity index (χ4n) is 1.62. The van der Waals surface area contributed by atoms with Crippen LogP contribution in [0.1, 0.15) is 33.6 Å². The largest absolute Gasteiger partial charge is 0.368 e. The zero-order valence-electron chi connectivity index (χ0n) is 8.29. The summed E-state index contributed by atoms with van der Waals surface area (Å²) in [5.41, 5.74) is 5.66. The monoisotopic (exact) mass is 200 g/mol. The molecule has 4 nitrogen and oxygen atoms in total. The maximum absolute atomic E-state index is 5.71. The Labute approximate surface area is 83.1 Å².